The molecule has 4 N–H and O–H groups in total. The van der Waals surface area contributed by atoms with E-state index in [4.69, 9.17) is 10.00 Å². The molecule has 4 rings (SSSR count). The molecule has 3 aromatic rings. The molecule has 174 valence electrons. The maximum Gasteiger partial charge on any atom is 0.274 e. The van der Waals surface area contributed by atoms with E-state index in [0.717, 1.165) is 6.54 Å². The number of halogens is 1. The van der Waals surface area contributed by atoms with Gasteiger partial charge < -0.3 is 26.0 Å². The van der Waals surface area contributed by atoms with Crippen LogP contribution in [0.1, 0.15) is 21.7 Å². The maximum absolute atomic E-state index is 13.9. The first kappa shape index (κ1) is 23.0. The molecular formula is C22H22FN9O2. The highest BCUT2D eigenvalue weighted by Gasteiger charge is 2.19. The average Bonchev–Trinajstić information content (AvgIpc) is 2.88. The lowest BCUT2D eigenvalue weighted by Gasteiger charge is -2.24. The summed E-state index contributed by atoms with van der Waals surface area (Å²) in [6, 6.07) is 9.72. The Bertz CT molecular complexity index is 1180. The zero-order valence-electron chi connectivity index (χ0n) is 18.1. The van der Waals surface area contributed by atoms with Gasteiger partial charge in [-0.25, -0.2) is 14.4 Å². The van der Waals surface area contributed by atoms with Crippen LogP contribution in [0.2, 0.25) is 0 Å². The molecule has 0 saturated carbocycles. The lowest BCUT2D eigenvalue weighted by atomic mass is 10.2. The second kappa shape index (κ2) is 11.1. The minimum absolute atomic E-state index is 0.00309. The van der Waals surface area contributed by atoms with Crippen LogP contribution in [0.3, 0.4) is 0 Å². The van der Waals surface area contributed by atoms with Crippen molar-refractivity contribution in [1.82, 2.24) is 30.8 Å². The molecule has 1 aliphatic heterocycles. The third-order valence-electron chi connectivity index (χ3n) is 4.95. The molecule has 0 spiro atoms. The maximum atomic E-state index is 13.9. The minimum atomic E-state index is -0.509. The van der Waals surface area contributed by atoms with Crippen LogP contribution in [0.5, 0.6) is 0 Å². The van der Waals surface area contributed by atoms with Gasteiger partial charge in [0.05, 0.1) is 30.8 Å². The van der Waals surface area contributed by atoms with E-state index in [-0.39, 0.29) is 24.0 Å². The normalized spacial score (nSPS) is 15.2. The predicted molar refractivity (Wildman–Crippen MR) is 121 cm³/mol. The number of carbonyl (C=O) groups excluding carboxylic acids is 1. The van der Waals surface area contributed by atoms with Gasteiger partial charge in [0.2, 0.25) is 0 Å². The van der Waals surface area contributed by atoms with Gasteiger partial charge in [0.15, 0.2) is 17.2 Å². The average molecular weight is 463 g/mol. The van der Waals surface area contributed by atoms with Crippen LogP contribution in [0.25, 0.3) is 0 Å². The third kappa shape index (κ3) is 5.97. The summed E-state index contributed by atoms with van der Waals surface area (Å²) in [6.07, 6.45) is 2.63. The molecule has 2 aromatic heterocycles. The first-order valence-electron chi connectivity index (χ1n) is 10.6. The van der Waals surface area contributed by atoms with Crippen LogP contribution >= 0.6 is 0 Å². The molecular weight excluding hydrogens is 441 g/mol. The largest absolute Gasteiger partial charge is 0.380 e. The van der Waals surface area contributed by atoms with Gasteiger partial charge in [-0.05, 0) is 6.07 Å². The molecule has 34 heavy (non-hydrogen) atoms. The van der Waals surface area contributed by atoms with Gasteiger partial charge in [-0.3, -0.25) is 4.79 Å². The highest BCUT2D eigenvalue weighted by Crippen LogP contribution is 2.20. The molecule has 1 unspecified atom stereocenters. The van der Waals surface area contributed by atoms with E-state index < -0.39 is 11.7 Å². The second-order valence-electron chi connectivity index (χ2n) is 7.37. The van der Waals surface area contributed by atoms with Crippen LogP contribution in [0.4, 0.5) is 21.7 Å². The van der Waals surface area contributed by atoms with E-state index in [1.165, 1.54) is 18.5 Å². The molecule has 1 atom stereocenters. The van der Waals surface area contributed by atoms with Gasteiger partial charge in [-0.15, -0.1) is 10.2 Å². The van der Waals surface area contributed by atoms with Gasteiger partial charge in [0, 0.05) is 37.8 Å². The molecule has 1 saturated heterocycles. The molecule has 0 bridgehead atoms. The summed E-state index contributed by atoms with van der Waals surface area (Å²) < 4.78 is 19.6. The van der Waals surface area contributed by atoms with Crippen LogP contribution in [0, 0.1) is 17.1 Å². The molecule has 0 radical (unpaired) electrons. The Hall–Kier alpha value is -4.21. The lowest BCUT2D eigenvalue weighted by Crippen LogP contribution is -2.42. The topological polar surface area (TPSA) is 150 Å². The Morgan fingerprint density at radius 2 is 2.12 bits per heavy atom. The number of rotatable bonds is 8. The summed E-state index contributed by atoms with van der Waals surface area (Å²) in [5.74, 6) is -0.242. The van der Waals surface area contributed by atoms with E-state index in [2.05, 4.69) is 41.4 Å². The van der Waals surface area contributed by atoms with Crippen LogP contribution < -0.4 is 21.3 Å². The lowest BCUT2D eigenvalue weighted by molar-refractivity contribution is 0.0372. The summed E-state index contributed by atoms with van der Waals surface area (Å²) in [6.45, 7) is 2.50. The first-order valence-corrected chi connectivity index (χ1v) is 10.6. The first-order chi connectivity index (χ1) is 16.6. The van der Waals surface area contributed by atoms with Crippen molar-refractivity contribution in [2.24, 2.45) is 0 Å². The predicted octanol–water partition coefficient (Wildman–Crippen LogP) is 1.35. The van der Waals surface area contributed by atoms with Crippen molar-refractivity contribution in [3.05, 3.63) is 65.5 Å². The van der Waals surface area contributed by atoms with E-state index in [0.29, 0.717) is 42.6 Å². The van der Waals surface area contributed by atoms with Gasteiger partial charge in [-0.2, -0.15) is 5.26 Å². The summed E-state index contributed by atoms with van der Waals surface area (Å²) in [5.41, 5.74) is 1.01. The number of nitrogens with one attached hydrogen (secondary N) is 4. The quantitative estimate of drug-likeness (QED) is 0.385. The van der Waals surface area contributed by atoms with Crippen molar-refractivity contribution in [2.45, 2.75) is 12.6 Å². The SMILES string of the molecule is N#Cc1cnc(Nc2cc(NCC3CNCCO3)c(C(=O)NCc3ccccc3F)nn2)cn1. The Morgan fingerprint density at radius 1 is 1.24 bits per heavy atom. The molecule has 1 fully saturated rings. The fourth-order valence-electron chi connectivity index (χ4n) is 3.21. The summed E-state index contributed by atoms with van der Waals surface area (Å²) >= 11 is 0. The second-order valence-corrected chi connectivity index (χ2v) is 7.37. The number of amides is 1. The number of carbonyl (C=O) groups is 1. The van der Waals surface area contributed by atoms with E-state index in [1.807, 2.05) is 6.07 Å². The zero-order valence-corrected chi connectivity index (χ0v) is 18.1. The molecule has 0 aliphatic carbocycles. The Balaban J connectivity index is 1.51. The third-order valence-corrected chi connectivity index (χ3v) is 4.95. The van der Waals surface area contributed by atoms with Crippen molar-refractivity contribution >= 4 is 23.2 Å². The zero-order chi connectivity index (χ0) is 23.8. The van der Waals surface area contributed by atoms with E-state index in [9.17, 15) is 9.18 Å². The van der Waals surface area contributed by atoms with Gasteiger partial charge in [0.1, 0.15) is 17.7 Å². The minimum Gasteiger partial charge on any atom is -0.380 e. The highest BCUT2D eigenvalue weighted by atomic mass is 19.1. The van der Waals surface area contributed by atoms with Crippen molar-refractivity contribution in [3.8, 4) is 6.07 Å². The number of hydrogen-bond donors (Lipinski definition) is 4. The number of aromatic nitrogens is 4. The van der Waals surface area contributed by atoms with Crippen LogP contribution in [-0.2, 0) is 11.3 Å². The molecule has 1 aromatic carbocycles. The van der Waals surface area contributed by atoms with Crippen molar-refractivity contribution in [3.63, 3.8) is 0 Å². The highest BCUT2D eigenvalue weighted by molar-refractivity contribution is 5.97. The van der Waals surface area contributed by atoms with Crippen molar-refractivity contribution < 1.29 is 13.9 Å². The van der Waals surface area contributed by atoms with Crippen molar-refractivity contribution in [1.29, 1.82) is 5.26 Å². The van der Waals surface area contributed by atoms with Crippen molar-refractivity contribution in [2.75, 3.05) is 36.9 Å². The molecule has 1 amide bonds. The number of benzene rings is 1. The summed E-state index contributed by atoms with van der Waals surface area (Å²) in [5, 5.41) is 29.0. The molecule has 3 heterocycles. The standard InChI is InChI=1S/C22H22FN9O2/c23-17-4-2-1-3-14(17)9-29-22(33)21-18(27-12-16-11-25-5-6-34-16)7-19(31-32-21)30-20-13-26-15(8-24)10-28-20/h1-4,7,10,13,16,25H,5-6,9,11-12H2,(H,29,33)(H2,27,28,30,31). The number of nitriles is 1. The molecule has 11 nitrogen and oxygen atoms in total. The monoisotopic (exact) mass is 463 g/mol. The Kier molecular flexibility index (Phi) is 7.49. The summed E-state index contributed by atoms with van der Waals surface area (Å²) in [7, 11) is 0. The Labute approximate surface area is 194 Å². The van der Waals surface area contributed by atoms with Crippen LogP contribution in [0.15, 0.2) is 42.7 Å². The van der Waals surface area contributed by atoms with Gasteiger partial charge >= 0.3 is 0 Å². The van der Waals surface area contributed by atoms with Gasteiger partial charge in [-0.1, -0.05) is 18.2 Å². The summed E-state index contributed by atoms with van der Waals surface area (Å²) in [4.78, 5) is 20.9. The fourth-order valence-corrected chi connectivity index (χ4v) is 3.21. The van der Waals surface area contributed by atoms with Gasteiger partial charge in [0.25, 0.3) is 5.91 Å². The van der Waals surface area contributed by atoms with E-state index in [1.54, 1.807) is 24.3 Å². The van der Waals surface area contributed by atoms with Crippen LogP contribution in [-0.4, -0.2) is 58.4 Å². The Morgan fingerprint density at radius 3 is 2.85 bits per heavy atom. The number of morpholine rings is 1. The fraction of sp³-hybridized carbons (Fsp3) is 0.273. The number of anilines is 3. The molecule has 12 heteroatoms. The number of nitrogens with zero attached hydrogens (tertiary/aromatic N) is 5. The molecule has 1 aliphatic rings. The smallest absolute Gasteiger partial charge is 0.274 e. The number of hydrogen-bond acceptors (Lipinski definition) is 10. The van der Waals surface area contributed by atoms with E-state index >= 15 is 0 Å². The number of ether oxygens (including phenoxy) is 1.